The largest absolute Gasteiger partial charge is 0.497 e. The minimum absolute atomic E-state index is 0.225. The molecule has 0 saturated heterocycles. The predicted molar refractivity (Wildman–Crippen MR) is 105 cm³/mol. The van der Waals surface area contributed by atoms with Crippen LogP contribution in [0.5, 0.6) is 5.75 Å². The van der Waals surface area contributed by atoms with E-state index in [4.69, 9.17) is 16.3 Å². The molecular weight excluding hydrogens is 330 g/mol. The van der Waals surface area contributed by atoms with Crippen LogP contribution < -0.4 is 10.1 Å². The Labute approximate surface area is 154 Å². The Hall–Kier alpha value is -2.19. The summed E-state index contributed by atoms with van der Waals surface area (Å²) in [6.07, 6.45) is 4.64. The van der Waals surface area contributed by atoms with Gasteiger partial charge in [0.25, 0.3) is 0 Å². The van der Waals surface area contributed by atoms with Crippen molar-refractivity contribution in [3.63, 3.8) is 0 Å². The van der Waals surface area contributed by atoms with Gasteiger partial charge >= 0.3 is 0 Å². The summed E-state index contributed by atoms with van der Waals surface area (Å²) < 4.78 is 5.45. The van der Waals surface area contributed by atoms with Crippen LogP contribution in [0.1, 0.15) is 36.9 Å². The molecule has 0 bridgehead atoms. The molecule has 3 atom stereocenters. The molecule has 2 aromatic rings. The van der Waals surface area contributed by atoms with E-state index in [2.05, 4.69) is 55.6 Å². The second-order valence-electron chi connectivity index (χ2n) is 6.99. The van der Waals surface area contributed by atoms with Crippen LogP contribution in [0.4, 0.5) is 5.69 Å². The van der Waals surface area contributed by atoms with Crippen LogP contribution in [0.15, 0.2) is 65.8 Å². The average molecular weight is 352 g/mol. The van der Waals surface area contributed by atoms with E-state index in [1.165, 1.54) is 28.0 Å². The molecule has 1 aliphatic heterocycles. The predicted octanol–water partition coefficient (Wildman–Crippen LogP) is 6.12. The van der Waals surface area contributed by atoms with E-state index < -0.39 is 0 Å². The van der Waals surface area contributed by atoms with Gasteiger partial charge in [-0.15, -0.1) is 0 Å². The van der Waals surface area contributed by atoms with E-state index in [1.54, 1.807) is 7.11 Å². The van der Waals surface area contributed by atoms with Gasteiger partial charge in [0.05, 0.1) is 13.2 Å². The van der Waals surface area contributed by atoms with Gasteiger partial charge in [-0.05, 0) is 60.9 Å². The van der Waals surface area contributed by atoms with E-state index in [0.29, 0.717) is 11.8 Å². The Morgan fingerprint density at radius 2 is 1.84 bits per heavy atom. The van der Waals surface area contributed by atoms with Gasteiger partial charge in [0.1, 0.15) is 5.75 Å². The number of hydrogen-bond donors (Lipinski definition) is 1. The minimum Gasteiger partial charge on any atom is -0.497 e. The zero-order valence-electron chi connectivity index (χ0n) is 14.7. The second kappa shape index (κ2) is 6.27. The van der Waals surface area contributed by atoms with E-state index in [1.807, 2.05) is 18.2 Å². The van der Waals surface area contributed by atoms with Crippen molar-refractivity contribution in [1.29, 1.82) is 0 Å². The molecule has 128 valence electrons. The maximum Gasteiger partial charge on any atom is 0.119 e. The Bertz CT molecular complexity index is 862. The van der Waals surface area contributed by atoms with Crippen LogP contribution in [0, 0.1) is 5.92 Å². The van der Waals surface area contributed by atoms with Crippen LogP contribution >= 0.6 is 11.6 Å². The molecule has 2 aliphatic rings. The van der Waals surface area contributed by atoms with E-state index in [9.17, 15) is 0 Å². The standard InChI is InChI=1S/C22H22ClNO/c1-13(2)17-9-10-18-19-12-16(25-3)8-11-20(19)24-22(21(17)18)14-4-6-15(23)7-5-14/h4-12,18,21-22,24H,1-3H3. The maximum absolute atomic E-state index is 6.10. The number of methoxy groups -OCH3 is 1. The van der Waals surface area contributed by atoms with Crippen molar-refractivity contribution < 1.29 is 4.74 Å². The number of benzene rings is 2. The molecule has 1 aliphatic carbocycles. The van der Waals surface area contributed by atoms with Crippen molar-refractivity contribution >= 4 is 17.3 Å². The van der Waals surface area contributed by atoms with Crippen LogP contribution in [-0.4, -0.2) is 7.11 Å². The number of nitrogens with one attached hydrogen (secondary N) is 1. The highest BCUT2D eigenvalue weighted by molar-refractivity contribution is 6.30. The third kappa shape index (κ3) is 2.75. The van der Waals surface area contributed by atoms with Crippen molar-refractivity contribution in [2.45, 2.75) is 25.8 Å². The minimum atomic E-state index is 0.225. The summed E-state index contributed by atoms with van der Waals surface area (Å²) >= 11 is 6.10. The molecule has 25 heavy (non-hydrogen) atoms. The summed E-state index contributed by atoms with van der Waals surface area (Å²) in [6.45, 7) is 4.39. The number of ether oxygens (including phenoxy) is 1. The fraction of sp³-hybridized carbons (Fsp3) is 0.273. The monoisotopic (exact) mass is 351 g/mol. The summed E-state index contributed by atoms with van der Waals surface area (Å²) in [4.78, 5) is 0. The van der Waals surface area contributed by atoms with Crippen molar-refractivity contribution in [3.8, 4) is 5.75 Å². The Balaban J connectivity index is 1.85. The molecule has 2 aromatic carbocycles. The van der Waals surface area contributed by atoms with Crippen molar-refractivity contribution in [2.24, 2.45) is 5.92 Å². The fourth-order valence-corrected chi connectivity index (χ4v) is 4.23. The highest BCUT2D eigenvalue weighted by Crippen LogP contribution is 2.53. The molecular formula is C22H22ClNO. The zero-order chi connectivity index (χ0) is 17.6. The van der Waals surface area contributed by atoms with Gasteiger partial charge in [-0.25, -0.2) is 0 Å². The Morgan fingerprint density at radius 1 is 1.08 bits per heavy atom. The fourth-order valence-electron chi connectivity index (χ4n) is 4.11. The molecule has 0 spiro atoms. The van der Waals surface area contributed by atoms with Crippen LogP contribution in [0.3, 0.4) is 0 Å². The van der Waals surface area contributed by atoms with Gasteiger partial charge in [0, 0.05) is 22.5 Å². The lowest BCUT2D eigenvalue weighted by Crippen LogP contribution is -2.30. The van der Waals surface area contributed by atoms with Crippen molar-refractivity contribution in [3.05, 3.63) is 81.9 Å². The SMILES string of the molecule is COc1ccc2c(c1)C1C=CC(=C(C)C)C1C(c1ccc(Cl)cc1)N2. The first-order valence-electron chi connectivity index (χ1n) is 8.64. The third-order valence-corrected chi connectivity index (χ3v) is 5.58. The highest BCUT2D eigenvalue weighted by atomic mass is 35.5. The van der Waals surface area contributed by atoms with Gasteiger partial charge in [-0.3, -0.25) is 0 Å². The van der Waals surface area contributed by atoms with Crippen molar-refractivity contribution in [2.75, 3.05) is 12.4 Å². The lowest BCUT2D eigenvalue weighted by atomic mass is 9.74. The lowest BCUT2D eigenvalue weighted by Gasteiger charge is -2.38. The summed E-state index contributed by atoms with van der Waals surface area (Å²) in [6, 6.07) is 14.7. The van der Waals surface area contributed by atoms with E-state index in [0.717, 1.165) is 10.8 Å². The van der Waals surface area contributed by atoms with Gasteiger partial charge in [-0.2, -0.15) is 0 Å². The van der Waals surface area contributed by atoms with Crippen LogP contribution in [0.25, 0.3) is 0 Å². The molecule has 0 saturated carbocycles. The molecule has 1 N–H and O–H groups in total. The first-order chi connectivity index (χ1) is 12.1. The average Bonchev–Trinajstić information content (AvgIpc) is 3.07. The van der Waals surface area contributed by atoms with Crippen LogP contribution in [0.2, 0.25) is 5.02 Å². The lowest BCUT2D eigenvalue weighted by molar-refractivity contribution is 0.412. The van der Waals surface area contributed by atoms with Gasteiger partial charge in [0.15, 0.2) is 0 Å². The summed E-state index contributed by atoms with van der Waals surface area (Å²) in [7, 11) is 1.72. The molecule has 1 heterocycles. The topological polar surface area (TPSA) is 21.3 Å². The molecule has 3 heteroatoms. The van der Waals surface area contributed by atoms with Gasteiger partial charge in [0.2, 0.25) is 0 Å². The highest BCUT2D eigenvalue weighted by Gasteiger charge is 2.41. The summed E-state index contributed by atoms with van der Waals surface area (Å²) in [5.74, 6) is 1.64. The van der Waals surface area contributed by atoms with Crippen LogP contribution in [-0.2, 0) is 0 Å². The first kappa shape index (κ1) is 16.3. The molecule has 0 amide bonds. The number of allylic oxidation sites excluding steroid dienone is 3. The molecule has 0 fully saturated rings. The third-order valence-electron chi connectivity index (χ3n) is 5.32. The maximum atomic E-state index is 6.10. The first-order valence-corrected chi connectivity index (χ1v) is 9.02. The Kier molecular flexibility index (Phi) is 4.09. The summed E-state index contributed by atoms with van der Waals surface area (Å²) in [5.41, 5.74) is 6.55. The second-order valence-corrected chi connectivity index (χ2v) is 7.43. The quantitative estimate of drug-likeness (QED) is 0.703. The number of anilines is 1. The zero-order valence-corrected chi connectivity index (χ0v) is 15.5. The van der Waals surface area contributed by atoms with Crippen molar-refractivity contribution in [1.82, 2.24) is 0 Å². The molecule has 3 unspecified atom stereocenters. The molecule has 4 rings (SSSR count). The molecule has 0 radical (unpaired) electrons. The number of hydrogen-bond acceptors (Lipinski definition) is 2. The van der Waals surface area contributed by atoms with E-state index in [-0.39, 0.29) is 6.04 Å². The normalized spacial score (nSPS) is 23.7. The molecule has 2 nitrogen and oxygen atoms in total. The number of fused-ring (bicyclic) bond motifs is 3. The number of halogens is 1. The van der Waals surface area contributed by atoms with Gasteiger partial charge < -0.3 is 10.1 Å². The smallest absolute Gasteiger partial charge is 0.119 e. The van der Waals surface area contributed by atoms with E-state index >= 15 is 0 Å². The summed E-state index contributed by atoms with van der Waals surface area (Å²) in [5, 5.41) is 4.54. The van der Waals surface area contributed by atoms with Gasteiger partial charge in [-0.1, -0.05) is 41.5 Å². The Morgan fingerprint density at radius 3 is 2.52 bits per heavy atom. The molecule has 0 aromatic heterocycles. The number of rotatable bonds is 2.